The Labute approximate surface area is 577 Å². The fourth-order valence-electron chi connectivity index (χ4n) is 17.4. The van der Waals surface area contributed by atoms with Gasteiger partial charge in [0.05, 0.1) is 69.6 Å². The largest absolute Gasteiger partial charge is 0.371 e. The van der Waals surface area contributed by atoms with Crippen molar-refractivity contribution in [3.05, 3.63) is 229 Å². The first kappa shape index (κ1) is 60.4. The summed E-state index contributed by atoms with van der Waals surface area (Å²) >= 11 is 0. The average Bonchev–Trinajstić information content (AvgIpc) is 1.62. The van der Waals surface area contributed by atoms with Crippen LogP contribution in [0.1, 0.15) is 47.2 Å². The number of anilines is 3. The lowest BCUT2D eigenvalue weighted by molar-refractivity contribution is 0.0424. The van der Waals surface area contributed by atoms with E-state index in [2.05, 4.69) is 211 Å². The summed E-state index contributed by atoms with van der Waals surface area (Å²) in [5, 5.41) is 21.6. The fraction of sp³-hybridized carbons (Fsp3) is 0.284. The van der Waals surface area contributed by atoms with E-state index in [1.165, 1.54) is 103 Å². The second kappa shape index (κ2) is 24.2. The van der Waals surface area contributed by atoms with Crippen molar-refractivity contribution in [3.63, 3.8) is 0 Å². The van der Waals surface area contributed by atoms with Gasteiger partial charge >= 0.3 is 0 Å². The summed E-state index contributed by atoms with van der Waals surface area (Å²) in [6.07, 6.45) is 22.3. The molecule has 8 aliphatic rings. The second-order valence-corrected chi connectivity index (χ2v) is 28.9. The van der Waals surface area contributed by atoms with E-state index in [1.54, 1.807) is 0 Å². The first-order valence-electron chi connectivity index (χ1n) is 34.8. The predicted octanol–water partition coefficient (Wildman–Crippen LogP) is 12.6. The molecule has 5 fully saturated rings. The first-order chi connectivity index (χ1) is 48.5. The minimum atomic E-state index is 0.449. The molecule has 5 aromatic carbocycles. The standard InChI is InChI=1S/C27H25N7.C27H26N6.C27H27N5/c1-31-16-27(17-31)8-10-32(18-27)25-7-6-23-22(30-25)15-33-14-21(20-4-2-19(13-28)3-5-20)12-24(33)26-29-9-11-34(23)26;1-29-15-20-8-10-31(16-20)24-6-7-25-23(12-24)18-32-17-22(21-4-2-19(14-28)3-5-21)13-26(32)27-30-9-11-33(25)27;1-29-17-27(18-29)9-11-30(19-27)23-7-8-24-22(13-23)16-31-15-21(20-5-3-2-4-6-20)14-25(31)26-28-10-12-32(24)26/h2-7,9,11-12,14H,8,10,15-18H2,1H3;2-7,9,11-13,17,20,29H,8,10,15-16,18H2,1H3;2-8,10,12-15H,9,11,16-19H2,1H3. The topological polar surface area (TPSA) is 157 Å². The molecule has 18 nitrogen and oxygen atoms in total. The number of hydrogen-bond donors (Lipinski definition) is 1. The van der Waals surface area contributed by atoms with Gasteiger partial charge in [-0.2, -0.15) is 10.5 Å². The van der Waals surface area contributed by atoms with Crippen LogP contribution in [0.15, 0.2) is 201 Å². The SMILES string of the molecule is CN1CC2(CCN(c3ccc4c(c3)Cn3cc(-c5ccccc5)cc3-c3nccn3-4)C2)C1.CN1CC2(CCN(c3ccc4c(n3)Cn3cc(-c5ccc(C#N)cc5)cc3-c3nccn3-4)C2)C1.CNCC1CCN(c2ccc3c(c2)Cn2cc(-c4ccc(C#N)cc4)cc2-c2nccn2-3)C1. The summed E-state index contributed by atoms with van der Waals surface area (Å²) in [5.74, 6) is 4.67. The molecular formula is C81H78N18. The van der Waals surface area contributed by atoms with E-state index >= 15 is 0 Å². The Morgan fingerprint density at radius 3 is 1.44 bits per heavy atom. The Bertz CT molecular complexity index is 5130. The summed E-state index contributed by atoms with van der Waals surface area (Å²) in [6, 6.07) is 55.4. The highest BCUT2D eigenvalue weighted by atomic mass is 15.3. The van der Waals surface area contributed by atoms with Crippen molar-refractivity contribution in [1.82, 2.24) is 62.5 Å². The van der Waals surface area contributed by atoms with Crippen molar-refractivity contribution in [3.8, 4) is 97.1 Å². The molecule has 0 radical (unpaired) electrons. The number of rotatable bonds is 8. The van der Waals surface area contributed by atoms with Crippen LogP contribution in [0.25, 0.3) is 85.0 Å². The number of benzene rings is 5. The Morgan fingerprint density at radius 1 is 0.475 bits per heavy atom. The van der Waals surface area contributed by atoms with E-state index in [0.717, 1.165) is 121 Å². The third kappa shape index (κ3) is 10.9. The summed E-state index contributed by atoms with van der Waals surface area (Å²) < 4.78 is 13.5. The molecule has 1 unspecified atom stereocenters. The minimum absolute atomic E-state index is 0.449. The van der Waals surface area contributed by atoms with E-state index in [9.17, 15) is 0 Å². The Balaban J connectivity index is 0.000000107. The molecule has 0 saturated carbocycles. The zero-order valence-corrected chi connectivity index (χ0v) is 56.3. The molecule has 99 heavy (non-hydrogen) atoms. The highest BCUT2D eigenvalue weighted by Crippen LogP contribution is 2.45. The van der Waals surface area contributed by atoms with Gasteiger partial charge in [0.15, 0.2) is 17.5 Å². The molecule has 18 heteroatoms. The van der Waals surface area contributed by atoms with Gasteiger partial charge in [0, 0.05) is 173 Å². The molecule has 20 rings (SSSR count). The van der Waals surface area contributed by atoms with Crippen LogP contribution in [0.3, 0.4) is 0 Å². The van der Waals surface area contributed by atoms with Crippen molar-refractivity contribution in [2.75, 3.05) is 108 Å². The Hall–Kier alpha value is -11.0. The molecule has 0 amide bonds. The van der Waals surface area contributed by atoms with Crippen molar-refractivity contribution in [2.24, 2.45) is 16.7 Å². The highest BCUT2D eigenvalue weighted by Gasteiger charge is 2.47. The van der Waals surface area contributed by atoms with Crippen LogP contribution >= 0.6 is 0 Å². The zero-order valence-electron chi connectivity index (χ0n) is 56.3. The van der Waals surface area contributed by atoms with E-state index in [-0.39, 0.29) is 0 Å². The van der Waals surface area contributed by atoms with Gasteiger partial charge in [-0.3, -0.25) is 13.7 Å². The van der Waals surface area contributed by atoms with Gasteiger partial charge in [-0.1, -0.05) is 54.6 Å². The maximum atomic E-state index is 9.12. The van der Waals surface area contributed by atoms with Crippen LogP contribution in [0.4, 0.5) is 17.2 Å². The molecule has 0 aliphatic carbocycles. The maximum absolute atomic E-state index is 9.12. The normalized spacial score (nSPS) is 17.8. The predicted molar refractivity (Wildman–Crippen MR) is 390 cm³/mol. The van der Waals surface area contributed by atoms with Crippen LogP contribution in [0, 0.1) is 39.4 Å². The van der Waals surface area contributed by atoms with Crippen molar-refractivity contribution in [2.45, 2.75) is 38.9 Å². The van der Waals surface area contributed by atoms with E-state index in [0.29, 0.717) is 34.4 Å². The molecule has 15 heterocycles. The van der Waals surface area contributed by atoms with Crippen LogP contribution in [0.5, 0.6) is 0 Å². The van der Waals surface area contributed by atoms with Crippen LogP contribution in [0.2, 0.25) is 0 Å². The monoisotopic (exact) mass is 1300 g/mol. The lowest BCUT2D eigenvalue weighted by Gasteiger charge is -2.46. The fourth-order valence-corrected chi connectivity index (χ4v) is 17.4. The summed E-state index contributed by atoms with van der Waals surface area (Å²) in [6.45, 7) is 15.0. The van der Waals surface area contributed by atoms with Gasteiger partial charge < -0.3 is 43.5 Å². The van der Waals surface area contributed by atoms with Crippen molar-refractivity contribution in [1.29, 1.82) is 10.5 Å². The molecule has 0 bridgehead atoms. The number of pyridine rings is 1. The quantitative estimate of drug-likeness (QED) is 0.154. The van der Waals surface area contributed by atoms with Crippen molar-refractivity contribution < 1.29 is 0 Å². The summed E-state index contributed by atoms with van der Waals surface area (Å²) in [4.78, 5) is 31.7. The number of nitriles is 2. The van der Waals surface area contributed by atoms with Gasteiger partial charge in [-0.15, -0.1) is 0 Å². The number of fused-ring (bicyclic) bond motifs is 15. The summed E-state index contributed by atoms with van der Waals surface area (Å²) in [7, 11) is 6.48. The molecule has 7 aromatic heterocycles. The van der Waals surface area contributed by atoms with Gasteiger partial charge in [-0.25, -0.2) is 19.9 Å². The number of nitrogens with one attached hydrogen (secondary N) is 1. The highest BCUT2D eigenvalue weighted by molar-refractivity contribution is 5.76. The number of nitrogens with zero attached hydrogens (tertiary/aromatic N) is 17. The Morgan fingerprint density at radius 2 is 0.939 bits per heavy atom. The lowest BCUT2D eigenvalue weighted by Crippen LogP contribution is -2.55. The molecule has 2 spiro atoms. The lowest BCUT2D eigenvalue weighted by atomic mass is 9.79. The van der Waals surface area contributed by atoms with Crippen LogP contribution in [-0.2, 0) is 19.6 Å². The summed E-state index contributed by atoms with van der Waals surface area (Å²) in [5.41, 5.74) is 22.5. The number of hydrogen-bond acceptors (Lipinski definition) is 12. The van der Waals surface area contributed by atoms with Gasteiger partial charge in [0.1, 0.15) is 5.82 Å². The van der Waals surface area contributed by atoms with Gasteiger partial charge in [0.2, 0.25) is 0 Å². The molecule has 8 aliphatic heterocycles. The van der Waals surface area contributed by atoms with E-state index < -0.39 is 0 Å². The van der Waals surface area contributed by atoms with Crippen LogP contribution in [-0.4, -0.2) is 150 Å². The average molecular weight is 1300 g/mol. The number of aromatic nitrogens is 10. The van der Waals surface area contributed by atoms with E-state index in [1.807, 2.05) is 80.4 Å². The van der Waals surface area contributed by atoms with Crippen molar-refractivity contribution >= 4 is 17.2 Å². The third-order valence-corrected chi connectivity index (χ3v) is 22.1. The molecule has 5 saturated heterocycles. The number of likely N-dealkylation sites (tertiary alicyclic amines) is 2. The smallest absolute Gasteiger partial charge is 0.161 e. The third-order valence-electron chi connectivity index (χ3n) is 22.1. The molecule has 12 aromatic rings. The maximum Gasteiger partial charge on any atom is 0.161 e. The van der Waals surface area contributed by atoms with E-state index in [4.69, 9.17) is 30.5 Å². The van der Waals surface area contributed by atoms with Crippen LogP contribution < -0.4 is 20.0 Å². The van der Waals surface area contributed by atoms with Gasteiger partial charge in [-0.05, 0) is 172 Å². The first-order valence-corrected chi connectivity index (χ1v) is 34.8. The molecule has 1 atom stereocenters. The Kier molecular flexibility index (Phi) is 14.8. The zero-order chi connectivity index (χ0) is 66.5. The molecule has 1 N–H and O–H groups in total. The van der Waals surface area contributed by atoms with Gasteiger partial charge in [0.25, 0.3) is 0 Å². The second-order valence-electron chi connectivity index (χ2n) is 28.9. The number of imidazole rings is 3. The molecule has 492 valence electrons. The minimum Gasteiger partial charge on any atom is -0.371 e. The molecular weight excluding hydrogens is 1230 g/mol.